The number of hydrogen-bond donors (Lipinski definition) is 3. The van der Waals surface area contributed by atoms with Crippen LogP contribution in [0.25, 0.3) is 0 Å². The quantitative estimate of drug-likeness (QED) is 0.730. The average Bonchev–Trinajstić information content (AvgIpc) is 2.85. The molecule has 3 N–H and O–H groups in total. The van der Waals surface area contributed by atoms with Crippen molar-refractivity contribution in [3.63, 3.8) is 0 Å². The van der Waals surface area contributed by atoms with Gasteiger partial charge >= 0.3 is 12.0 Å². The molecule has 0 aromatic carbocycles. The monoisotopic (exact) mass is 271 g/mol. The van der Waals surface area contributed by atoms with E-state index in [4.69, 9.17) is 5.11 Å². The van der Waals surface area contributed by atoms with Crippen molar-refractivity contribution in [3.05, 3.63) is 16.6 Å². The van der Waals surface area contributed by atoms with Crippen molar-refractivity contribution in [3.8, 4) is 0 Å². The Morgan fingerprint density at radius 3 is 2.78 bits per heavy atom. The number of aliphatic carboxylic acids is 1. The zero-order valence-electron chi connectivity index (χ0n) is 10.3. The van der Waals surface area contributed by atoms with Crippen molar-refractivity contribution in [1.29, 1.82) is 0 Å². The van der Waals surface area contributed by atoms with Crippen molar-refractivity contribution >= 4 is 23.3 Å². The second-order valence-electron chi connectivity index (χ2n) is 4.00. The van der Waals surface area contributed by atoms with Gasteiger partial charge in [-0.3, -0.25) is 4.98 Å². The minimum absolute atomic E-state index is 0.114. The van der Waals surface area contributed by atoms with Crippen LogP contribution in [-0.2, 0) is 11.3 Å². The Morgan fingerprint density at radius 1 is 1.56 bits per heavy atom. The molecule has 0 saturated heterocycles. The molecule has 2 atom stereocenters. The van der Waals surface area contributed by atoms with Gasteiger partial charge in [0.15, 0.2) is 0 Å². The van der Waals surface area contributed by atoms with Crippen LogP contribution >= 0.6 is 11.3 Å². The summed E-state index contributed by atoms with van der Waals surface area (Å²) < 4.78 is 0. The fourth-order valence-corrected chi connectivity index (χ4v) is 1.91. The summed E-state index contributed by atoms with van der Waals surface area (Å²) >= 11 is 1.43. The molecule has 1 aromatic heterocycles. The van der Waals surface area contributed by atoms with Crippen molar-refractivity contribution in [2.45, 2.75) is 32.9 Å². The van der Waals surface area contributed by atoms with Crippen LogP contribution in [0.5, 0.6) is 0 Å². The number of amides is 2. The van der Waals surface area contributed by atoms with E-state index >= 15 is 0 Å². The van der Waals surface area contributed by atoms with Crippen LogP contribution in [0.3, 0.4) is 0 Å². The maximum atomic E-state index is 11.6. The highest BCUT2D eigenvalue weighted by Gasteiger charge is 2.25. The number of carbonyl (C=O) groups is 2. The van der Waals surface area contributed by atoms with Gasteiger partial charge in [-0.25, -0.2) is 9.59 Å². The highest BCUT2D eigenvalue weighted by molar-refractivity contribution is 7.09. The summed E-state index contributed by atoms with van der Waals surface area (Å²) in [6.07, 6.45) is 2.35. The normalized spacial score (nSPS) is 13.7. The summed E-state index contributed by atoms with van der Waals surface area (Å²) in [7, 11) is 0. The summed E-state index contributed by atoms with van der Waals surface area (Å²) in [5, 5.41) is 14.1. The maximum absolute atomic E-state index is 11.6. The smallest absolute Gasteiger partial charge is 0.326 e. The van der Waals surface area contributed by atoms with E-state index in [-0.39, 0.29) is 5.92 Å². The van der Waals surface area contributed by atoms with E-state index in [1.54, 1.807) is 18.6 Å². The molecule has 1 aromatic rings. The number of urea groups is 1. The third-order valence-corrected chi connectivity index (χ3v) is 3.45. The molecule has 0 spiro atoms. The molecule has 6 nitrogen and oxygen atoms in total. The van der Waals surface area contributed by atoms with Gasteiger partial charge in [-0.15, -0.1) is 11.3 Å². The van der Waals surface area contributed by atoms with Crippen LogP contribution < -0.4 is 10.6 Å². The Hall–Kier alpha value is -1.63. The number of rotatable bonds is 6. The minimum atomic E-state index is -1.02. The Kier molecular flexibility index (Phi) is 5.57. The zero-order valence-corrected chi connectivity index (χ0v) is 11.2. The molecule has 1 heterocycles. The molecule has 0 fully saturated rings. The Labute approximate surface area is 109 Å². The predicted molar refractivity (Wildman–Crippen MR) is 68.4 cm³/mol. The largest absolute Gasteiger partial charge is 0.480 e. The summed E-state index contributed by atoms with van der Waals surface area (Å²) in [5.74, 6) is -1.13. The van der Waals surface area contributed by atoms with Gasteiger partial charge in [0.25, 0.3) is 0 Å². The predicted octanol–water partition coefficient (Wildman–Crippen LogP) is 1.44. The maximum Gasteiger partial charge on any atom is 0.326 e. The first kappa shape index (κ1) is 14.4. The van der Waals surface area contributed by atoms with Gasteiger partial charge in [-0.2, -0.15) is 0 Å². The first-order chi connectivity index (χ1) is 8.54. The SMILES string of the molecule is CCC(C)C(NC(=O)NCc1cncs1)C(=O)O. The summed E-state index contributed by atoms with van der Waals surface area (Å²) in [4.78, 5) is 27.4. The van der Waals surface area contributed by atoms with Crippen molar-refractivity contribution in [2.75, 3.05) is 0 Å². The molecule has 2 amide bonds. The minimum Gasteiger partial charge on any atom is -0.480 e. The van der Waals surface area contributed by atoms with E-state index in [9.17, 15) is 9.59 Å². The number of hydrogen-bond acceptors (Lipinski definition) is 4. The lowest BCUT2D eigenvalue weighted by atomic mass is 9.99. The summed E-state index contributed by atoms with van der Waals surface area (Å²) in [6.45, 7) is 4.03. The lowest BCUT2D eigenvalue weighted by Crippen LogP contribution is -2.48. The highest BCUT2D eigenvalue weighted by Crippen LogP contribution is 2.08. The van der Waals surface area contributed by atoms with E-state index in [1.165, 1.54) is 11.3 Å². The van der Waals surface area contributed by atoms with Gasteiger partial charge < -0.3 is 15.7 Å². The van der Waals surface area contributed by atoms with Crippen molar-refractivity contribution < 1.29 is 14.7 Å². The average molecular weight is 271 g/mol. The fourth-order valence-electron chi connectivity index (χ4n) is 1.37. The van der Waals surface area contributed by atoms with E-state index in [2.05, 4.69) is 15.6 Å². The van der Waals surface area contributed by atoms with E-state index < -0.39 is 18.0 Å². The number of carbonyl (C=O) groups excluding carboxylic acids is 1. The molecule has 0 bridgehead atoms. The van der Waals surface area contributed by atoms with E-state index in [0.717, 1.165) is 4.88 Å². The third-order valence-electron chi connectivity index (χ3n) is 2.67. The van der Waals surface area contributed by atoms with Gasteiger partial charge in [-0.05, 0) is 5.92 Å². The van der Waals surface area contributed by atoms with Gasteiger partial charge in [0, 0.05) is 11.1 Å². The first-order valence-corrected chi connectivity index (χ1v) is 6.57. The lowest BCUT2D eigenvalue weighted by Gasteiger charge is -2.20. The molecular weight excluding hydrogens is 254 g/mol. The summed E-state index contributed by atoms with van der Waals surface area (Å²) in [5.41, 5.74) is 1.67. The van der Waals surface area contributed by atoms with Gasteiger partial charge in [0.2, 0.25) is 0 Å². The van der Waals surface area contributed by atoms with Crippen LogP contribution in [0.15, 0.2) is 11.7 Å². The van der Waals surface area contributed by atoms with E-state index in [1.807, 2.05) is 6.92 Å². The number of nitrogens with zero attached hydrogens (tertiary/aromatic N) is 1. The molecule has 100 valence electrons. The summed E-state index contributed by atoms with van der Waals surface area (Å²) in [6, 6.07) is -1.34. The van der Waals surface area contributed by atoms with Gasteiger partial charge in [0.1, 0.15) is 6.04 Å². The molecule has 0 radical (unpaired) electrons. The molecule has 0 aliphatic heterocycles. The van der Waals surface area contributed by atoms with Gasteiger partial charge in [0.05, 0.1) is 12.1 Å². The lowest BCUT2D eigenvalue weighted by molar-refractivity contribution is -0.140. The molecule has 0 saturated carbocycles. The Balaban J connectivity index is 2.44. The fraction of sp³-hybridized carbons (Fsp3) is 0.545. The van der Waals surface area contributed by atoms with Crippen molar-refractivity contribution in [2.24, 2.45) is 5.92 Å². The first-order valence-electron chi connectivity index (χ1n) is 5.69. The molecule has 1 rings (SSSR count). The number of carboxylic acids is 1. The van der Waals surface area contributed by atoms with Crippen LogP contribution in [-0.4, -0.2) is 28.1 Å². The second-order valence-corrected chi connectivity index (χ2v) is 4.97. The number of thiazole rings is 1. The number of aromatic nitrogens is 1. The van der Waals surface area contributed by atoms with Crippen LogP contribution in [0, 0.1) is 5.92 Å². The Bertz CT molecular complexity index is 394. The molecule has 18 heavy (non-hydrogen) atoms. The number of nitrogens with one attached hydrogen (secondary N) is 2. The van der Waals surface area contributed by atoms with Crippen LogP contribution in [0.4, 0.5) is 4.79 Å². The molecule has 7 heteroatoms. The van der Waals surface area contributed by atoms with Crippen LogP contribution in [0.2, 0.25) is 0 Å². The standard InChI is InChI=1S/C11H17N3O3S/c1-3-7(2)9(10(15)16)14-11(17)13-5-8-4-12-6-18-8/h4,6-7,9H,3,5H2,1-2H3,(H,15,16)(H2,13,14,17). The molecular formula is C11H17N3O3S. The third kappa shape index (κ3) is 4.33. The van der Waals surface area contributed by atoms with Gasteiger partial charge in [-0.1, -0.05) is 20.3 Å². The molecule has 2 unspecified atom stereocenters. The highest BCUT2D eigenvalue weighted by atomic mass is 32.1. The van der Waals surface area contributed by atoms with E-state index in [0.29, 0.717) is 13.0 Å². The molecule has 0 aliphatic carbocycles. The van der Waals surface area contributed by atoms with Crippen LogP contribution in [0.1, 0.15) is 25.1 Å². The Morgan fingerprint density at radius 2 is 2.28 bits per heavy atom. The molecule has 0 aliphatic rings. The zero-order chi connectivity index (χ0) is 13.5. The number of carboxylic acid groups (broad SMARTS) is 1. The topological polar surface area (TPSA) is 91.3 Å². The van der Waals surface area contributed by atoms with Crippen molar-refractivity contribution in [1.82, 2.24) is 15.6 Å². The second kappa shape index (κ2) is 6.95.